The lowest BCUT2D eigenvalue weighted by Crippen LogP contribution is -1.95. The van der Waals surface area contributed by atoms with Crippen LogP contribution in [0.3, 0.4) is 0 Å². The highest BCUT2D eigenvalue weighted by Crippen LogP contribution is 2.21. The van der Waals surface area contributed by atoms with Gasteiger partial charge < -0.3 is 14.6 Å². The summed E-state index contributed by atoms with van der Waals surface area (Å²) in [5, 5.41) is 17.2. The molecule has 1 aromatic rings. The van der Waals surface area contributed by atoms with Gasteiger partial charge in [-0.3, -0.25) is 0 Å². The Morgan fingerprint density at radius 1 is 1.70 bits per heavy atom. The van der Waals surface area contributed by atoms with E-state index < -0.39 is 5.97 Å². The Balaban J connectivity index is 3.23. The van der Waals surface area contributed by atoms with Gasteiger partial charge in [0.15, 0.2) is 5.75 Å². The number of aromatic carboxylic acids is 1. The third kappa shape index (κ3) is 0.834. The molecule has 1 heterocycles. The topological polar surface area (TPSA) is 70.7 Å². The Morgan fingerprint density at radius 2 is 2.30 bits per heavy atom. The number of aryl methyl sites for hydroxylation is 1. The highest BCUT2D eigenvalue weighted by Gasteiger charge is 2.15. The molecule has 0 aliphatic heterocycles. The summed E-state index contributed by atoms with van der Waals surface area (Å²) in [6.07, 6.45) is 0.999. The van der Waals surface area contributed by atoms with Crippen LogP contribution in [0.2, 0.25) is 0 Å². The molecular weight excluding hydrogens is 136 g/mol. The van der Waals surface area contributed by atoms with Gasteiger partial charge in [-0.1, -0.05) is 0 Å². The molecule has 2 N–H and O–H groups in total. The zero-order chi connectivity index (χ0) is 7.72. The molecule has 0 amide bonds. The van der Waals surface area contributed by atoms with Crippen LogP contribution in [0.5, 0.6) is 5.75 Å². The van der Waals surface area contributed by atoms with Crippen molar-refractivity contribution in [2.24, 2.45) is 0 Å². The molecule has 0 aromatic carbocycles. The van der Waals surface area contributed by atoms with Crippen molar-refractivity contribution in [3.05, 3.63) is 17.6 Å². The average Bonchev–Trinajstić information content (AvgIpc) is 2.11. The van der Waals surface area contributed by atoms with Gasteiger partial charge in [-0.2, -0.15) is 0 Å². The van der Waals surface area contributed by atoms with Crippen LogP contribution in [0.4, 0.5) is 0 Å². The molecule has 0 saturated carbocycles. The summed E-state index contributed by atoms with van der Waals surface area (Å²) in [7, 11) is 0. The van der Waals surface area contributed by atoms with E-state index in [0.717, 1.165) is 6.26 Å². The summed E-state index contributed by atoms with van der Waals surface area (Å²) in [4.78, 5) is 10.3. The van der Waals surface area contributed by atoms with Crippen LogP contribution in [0.25, 0.3) is 0 Å². The van der Waals surface area contributed by atoms with Crippen molar-refractivity contribution in [1.82, 2.24) is 0 Å². The van der Waals surface area contributed by atoms with Gasteiger partial charge >= 0.3 is 5.97 Å². The number of carboxylic acids is 1. The van der Waals surface area contributed by atoms with Crippen LogP contribution in [0, 0.1) is 6.92 Å². The lowest BCUT2D eigenvalue weighted by Gasteiger charge is -1.88. The molecule has 4 heteroatoms. The fourth-order valence-corrected chi connectivity index (χ4v) is 0.703. The molecule has 1 aromatic heterocycles. The number of rotatable bonds is 1. The lowest BCUT2D eigenvalue weighted by molar-refractivity contribution is 0.0692. The van der Waals surface area contributed by atoms with Crippen LogP contribution in [-0.2, 0) is 0 Å². The fourth-order valence-electron chi connectivity index (χ4n) is 0.703. The van der Waals surface area contributed by atoms with Gasteiger partial charge in [0.2, 0.25) is 0 Å². The van der Waals surface area contributed by atoms with E-state index in [1.165, 1.54) is 6.92 Å². The van der Waals surface area contributed by atoms with Gasteiger partial charge in [0.25, 0.3) is 0 Å². The first kappa shape index (κ1) is 6.67. The van der Waals surface area contributed by atoms with E-state index in [1.54, 1.807) is 0 Å². The summed E-state index contributed by atoms with van der Waals surface area (Å²) >= 11 is 0. The SMILES string of the molecule is Cc1occ(O)c1C(=O)O. The summed E-state index contributed by atoms with van der Waals surface area (Å²) in [5.74, 6) is -1.29. The maximum atomic E-state index is 10.3. The van der Waals surface area contributed by atoms with Crippen LogP contribution in [0.1, 0.15) is 16.1 Å². The number of furan rings is 1. The molecule has 0 atom stereocenters. The molecule has 10 heavy (non-hydrogen) atoms. The number of hydrogen-bond acceptors (Lipinski definition) is 3. The van der Waals surface area contributed by atoms with E-state index in [-0.39, 0.29) is 17.1 Å². The minimum atomic E-state index is -1.18. The van der Waals surface area contributed by atoms with E-state index >= 15 is 0 Å². The first-order valence-electron chi connectivity index (χ1n) is 2.63. The van der Waals surface area contributed by atoms with Crippen molar-refractivity contribution < 1.29 is 19.4 Å². The molecule has 54 valence electrons. The van der Waals surface area contributed by atoms with Crippen molar-refractivity contribution in [1.29, 1.82) is 0 Å². The first-order chi connectivity index (χ1) is 4.63. The Bertz CT molecular complexity index is 241. The van der Waals surface area contributed by atoms with Crippen LogP contribution in [-0.4, -0.2) is 16.2 Å². The first-order valence-corrected chi connectivity index (χ1v) is 2.63. The molecule has 0 bridgehead atoms. The molecule has 0 spiro atoms. The summed E-state index contributed by atoms with van der Waals surface area (Å²) < 4.78 is 4.63. The maximum Gasteiger partial charge on any atom is 0.343 e. The van der Waals surface area contributed by atoms with Crippen molar-refractivity contribution in [2.75, 3.05) is 0 Å². The molecule has 1 rings (SSSR count). The standard InChI is InChI=1S/C6H6O4/c1-3-5(6(8)9)4(7)2-10-3/h2,7H,1H3,(H,8,9). The molecule has 0 aliphatic rings. The third-order valence-corrected chi connectivity index (χ3v) is 1.17. The number of carbonyl (C=O) groups is 1. The van der Waals surface area contributed by atoms with Crippen molar-refractivity contribution >= 4 is 5.97 Å². The van der Waals surface area contributed by atoms with Gasteiger partial charge in [-0.05, 0) is 6.92 Å². The fraction of sp³-hybridized carbons (Fsp3) is 0.167. The molecule has 0 fully saturated rings. The molecule has 0 saturated heterocycles. The molecular formula is C6H6O4. The van der Waals surface area contributed by atoms with Gasteiger partial charge in [0.05, 0.1) is 0 Å². The van der Waals surface area contributed by atoms with Crippen molar-refractivity contribution in [2.45, 2.75) is 6.92 Å². The normalized spacial score (nSPS) is 9.70. The monoisotopic (exact) mass is 142 g/mol. The largest absolute Gasteiger partial charge is 0.504 e. The van der Waals surface area contributed by atoms with E-state index in [2.05, 4.69) is 4.42 Å². The van der Waals surface area contributed by atoms with Crippen LogP contribution < -0.4 is 0 Å². The van der Waals surface area contributed by atoms with E-state index in [1.807, 2.05) is 0 Å². The second-order valence-corrected chi connectivity index (χ2v) is 1.86. The second-order valence-electron chi connectivity index (χ2n) is 1.86. The zero-order valence-electron chi connectivity index (χ0n) is 5.29. The smallest absolute Gasteiger partial charge is 0.343 e. The summed E-state index contributed by atoms with van der Waals surface area (Å²) in [5.41, 5.74) is -0.167. The minimum absolute atomic E-state index is 0.167. The predicted octanol–water partition coefficient (Wildman–Crippen LogP) is 0.992. The Kier molecular flexibility index (Phi) is 1.37. The Labute approximate surface area is 56.7 Å². The average molecular weight is 142 g/mol. The zero-order valence-corrected chi connectivity index (χ0v) is 5.29. The molecule has 0 radical (unpaired) electrons. The number of hydrogen-bond donors (Lipinski definition) is 2. The number of carboxylic acid groups (broad SMARTS) is 1. The highest BCUT2D eigenvalue weighted by molar-refractivity contribution is 5.91. The Morgan fingerprint density at radius 3 is 2.50 bits per heavy atom. The predicted molar refractivity (Wildman–Crippen MR) is 32.1 cm³/mol. The van der Waals surface area contributed by atoms with E-state index in [0.29, 0.717) is 0 Å². The summed E-state index contributed by atoms with van der Waals surface area (Å²) in [6, 6.07) is 0. The minimum Gasteiger partial charge on any atom is -0.504 e. The van der Waals surface area contributed by atoms with Gasteiger partial charge in [-0.25, -0.2) is 4.79 Å². The third-order valence-electron chi connectivity index (χ3n) is 1.17. The molecule has 0 aliphatic carbocycles. The quantitative estimate of drug-likeness (QED) is 0.613. The van der Waals surface area contributed by atoms with Gasteiger partial charge in [0.1, 0.15) is 17.6 Å². The molecule has 0 unspecified atom stereocenters. The Hall–Kier alpha value is -1.45. The van der Waals surface area contributed by atoms with Gasteiger partial charge in [0, 0.05) is 0 Å². The second kappa shape index (κ2) is 2.06. The van der Waals surface area contributed by atoms with E-state index in [9.17, 15) is 4.79 Å². The van der Waals surface area contributed by atoms with Crippen molar-refractivity contribution in [3.63, 3.8) is 0 Å². The lowest BCUT2D eigenvalue weighted by atomic mass is 10.2. The summed E-state index contributed by atoms with van der Waals surface area (Å²) in [6.45, 7) is 1.48. The number of aromatic hydroxyl groups is 1. The van der Waals surface area contributed by atoms with E-state index in [4.69, 9.17) is 10.2 Å². The molecule has 4 nitrogen and oxygen atoms in total. The van der Waals surface area contributed by atoms with Crippen molar-refractivity contribution in [3.8, 4) is 5.75 Å². The van der Waals surface area contributed by atoms with Gasteiger partial charge in [-0.15, -0.1) is 0 Å². The van der Waals surface area contributed by atoms with Crippen LogP contribution in [0.15, 0.2) is 10.7 Å². The van der Waals surface area contributed by atoms with Crippen LogP contribution >= 0.6 is 0 Å². The highest BCUT2D eigenvalue weighted by atomic mass is 16.4. The maximum absolute atomic E-state index is 10.3.